The molecule has 0 radical (unpaired) electrons. The van der Waals surface area contributed by atoms with Gasteiger partial charge in [-0.2, -0.15) is 5.10 Å². The molecule has 0 aliphatic heterocycles. The second-order valence-corrected chi connectivity index (χ2v) is 5.60. The molecule has 0 aliphatic rings. The quantitative estimate of drug-likeness (QED) is 0.596. The summed E-state index contributed by atoms with van der Waals surface area (Å²) in [5.74, 6) is -1.96. The fraction of sp³-hybridized carbons (Fsp3) is 0.176. The predicted octanol–water partition coefficient (Wildman–Crippen LogP) is 1.99. The van der Waals surface area contributed by atoms with Crippen LogP contribution < -0.4 is 10.6 Å². The van der Waals surface area contributed by atoms with E-state index >= 15 is 0 Å². The van der Waals surface area contributed by atoms with Crippen LogP contribution in [0, 0.1) is 12.7 Å². The smallest absolute Gasteiger partial charge is 0.331 e. The molecular formula is C17H16ClFN4O4. The zero-order valence-electron chi connectivity index (χ0n) is 14.5. The molecule has 1 heterocycles. The van der Waals surface area contributed by atoms with E-state index in [-0.39, 0.29) is 11.0 Å². The summed E-state index contributed by atoms with van der Waals surface area (Å²) in [5, 5.41) is 8.62. The van der Waals surface area contributed by atoms with Gasteiger partial charge in [-0.1, -0.05) is 11.6 Å². The minimum Gasteiger partial charge on any atom is -0.452 e. The molecule has 0 aliphatic carbocycles. The van der Waals surface area contributed by atoms with Crippen LogP contribution >= 0.6 is 11.6 Å². The maximum absolute atomic E-state index is 13.0. The van der Waals surface area contributed by atoms with E-state index in [9.17, 15) is 18.8 Å². The lowest BCUT2D eigenvalue weighted by Crippen LogP contribution is -2.39. The number of ether oxygens (including phenoxy) is 1. The molecule has 1 aromatic carbocycles. The lowest BCUT2D eigenvalue weighted by atomic mass is 10.2. The van der Waals surface area contributed by atoms with Crippen LogP contribution in [0.3, 0.4) is 0 Å². The van der Waals surface area contributed by atoms with Crippen molar-refractivity contribution >= 4 is 35.6 Å². The summed E-state index contributed by atoms with van der Waals surface area (Å²) in [5.41, 5.74) is 1.55. The Labute approximate surface area is 158 Å². The highest BCUT2D eigenvalue weighted by molar-refractivity contribution is 6.31. The third kappa shape index (κ3) is 5.38. The number of halogens is 2. The van der Waals surface area contributed by atoms with Gasteiger partial charge >= 0.3 is 12.0 Å². The van der Waals surface area contributed by atoms with Crippen LogP contribution in [0.4, 0.5) is 9.18 Å². The lowest BCUT2D eigenvalue weighted by Gasteiger charge is -2.03. The molecule has 142 valence electrons. The fourth-order valence-electron chi connectivity index (χ4n) is 2.02. The first-order valence-electron chi connectivity index (χ1n) is 7.69. The van der Waals surface area contributed by atoms with Gasteiger partial charge < -0.3 is 10.1 Å². The summed E-state index contributed by atoms with van der Waals surface area (Å²) >= 11 is 6.28. The number of hydrogen-bond donors (Lipinski definition) is 2. The summed E-state index contributed by atoms with van der Waals surface area (Å²) in [4.78, 5) is 34.0. The number of carbonyl (C=O) groups excluding carboxylic acids is 3. The number of nitrogens with one attached hydrogen (secondary N) is 2. The van der Waals surface area contributed by atoms with Gasteiger partial charge in [0.05, 0.1) is 11.4 Å². The second-order valence-electron chi connectivity index (χ2n) is 5.25. The molecular weight excluding hydrogens is 379 g/mol. The van der Waals surface area contributed by atoms with E-state index in [4.69, 9.17) is 16.3 Å². The highest BCUT2D eigenvalue weighted by atomic mass is 35.5. The van der Waals surface area contributed by atoms with E-state index in [2.05, 4.69) is 10.4 Å². The van der Waals surface area contributed by atoms with E-state index in [0.29, 0.717) is 16.9 Å². The molecule has 0 fully saturated rings. The largest absolute Gasteiger partial charge is 0.452 e. The summed E-state index contributed by atoms with van der Waals surface area (Å²) in [6.45, 7) is 1.08. The number of esters is 1. The van der Waals surface area contributed by atoms with Gasteiger partial charge in [-0.05, 0) is 37.3 Å². The van der Waals surface area contributed by atoms with Crippen molar-refractivity contribution < 1.29 is 23.5 Å². The average Bonchev–Trinajstić information content (AvgIpc) is 2.92. The molecule has 0 spiro atoms. The molecule has 2 N–H and O–H groups in total. The predicted molar refractivity (Wildman–Crippen MR) is 95.9 cm³/mol. The Kier molecular flexibility index (Phi) is 6.67. The van der Waals surface area contributed by atoms with E-state index in [1.807, 2.05) is 5.32 Å². The van der Waals surface area contributed by atoms with Crippen molar-refractivity contribution in [1.82, 2.24) is 20.4 Å². The number of imide groups is 1. The van der Waals surface area contributed by atoms with Crippen molar-refractivity contribution in [1.29, 1.82) is 0 Å². The van der Waals surface area contributed by atoms with E-state index in [1.54, 1.807) is 6.92 Å². The van der Waals surface area contributed by atoms with Crippen LogP contribution in [0.15, 0.2) is 30.3 Å². The van der Waals surface area contributed by atoms with Crippen LogP contribution in [-0.2, 0) is 14.3 Å². The van der Waals surface area contributed by atoms with Crippen molar-refractivity contribution in [3.63, 3.8) is 0 Å². The summed E-state index contributed by atoms with van der Waals surface area (Å²) < 4.78 is 19.2. The number of rotatable bonds is 5. The van der Waals surface area contributed by atoms with Gasteiger partial charge in [0, 0.05) is 18.7 Å². The molecule has 8 nitrogen and oxygen atoms in total. The van der Waals surface area contributed by atoms with Crippen LogP contribution in [-0.4, -0.2) is 41.3 Å². The van der Waals surface area contributed by atoms with Crippen molar-refractivity contribution in [2.75, 3.05) is 13.7 Å². The van der Waals surface area contributed by atoms with Crippen LogP contribution in [0.5, 0.6) is 0 Å². The van der Waals surface area contributed by atoms with Gasteiger partial charge in [-0.25, -0.2) is 18.7 Å². The Balaban J connectivity index is 2.04. The third-order valence-electron chi connectivity index (χ3n) is 3.33. The van der Waals surface area contributed by atoms with Crippen molar-refractivity contribution in [2.45, 2.75) is 6.92 Å². The van der Waals surface area contributed by atoms with Gasteiger partial charge in [0.25, 0.3) is 5.91 Å². The highest BCUT2D eigenvalue weighted by Gasteiger charge is 2.14. The molecule has 2 rings (SSSR count). The maximum atomic E-state index is 13.0. The molecule has 0 saturated carbocycles. The molecule has 0 bridgehead atoms. The summed E-state index contributed by atoms with van der Waals surface area (Å²) in [7, 11) is 1.34. The molecule has 10 heteroatoms. The van der Waals surface area contributed by atoms with Crippen LogP contribution in [0.1, 0.15) is 11.3 Å². The van der Waals surface area contributed by atoms with Crippen molar-refractivity contribution in [3.8, 4) is 5.69 Å². The number of nitrogens with zero attached hydrogens (tertiary/aromatic N) is 2. The second kappa shape index (κ2) is 8.95. The van der Waals surface area contributed by atoms with Crippen molar-refractivity contribution in [3.05, 3.63) is 52.6 Å². The summed E-state index contributed by atoms with van der Waals surface area (Å²) in [6.07, 6.45) is 2.47. The molecule has 1 aromatic heterocycles. The van der Waals surface area contributed by atoms with Gasteiger partial charge in [-0.15, -0.1) is 0 Å². The zero-order valence-corrected chi connectivity index (χ0v) is 15.2. The molecule has 0 atom stereocenters. The SMILES string of the molecule is CNC(=O)NC(=O)COC(=O)/C=C/c1c(C)nn(-c2ccc(F)cc2)c1Cl. The number of aromatic nitrogens is 2. The number of hydrogen-bond acceptors (Lipinski definition) is 5. The Morgan fingerprint density at radius 2 is 1.96 bits per heavy atom. The average molecular weight is 395 g/mol. The molecule has 0 saturated heterocycles. The van der Waals surface area contributed by atoms with Gasteiger partial charge in [0.1, 0.15) is 11.0 Å². The van der Waals surface area contributed by atoms with E-state index in [0.717, 1.165) is 6.08 Å². The molecule has 2 aromatic rings. The summed E-state index contributed by atoms with van der Waals surface area (Å²) in [6, 6.07) is 4.88. The van der Waals surface area contributed by atoms with Gasteiger partial charge in [-0.3, -0.25) is 10.1 Å². The lowest BCUT2D eigenvalue weighted by molar-refractivity contribution is -0.143. The normalized spacial score (nSPS) is 10.7. The molecule has 0 unspecified atom stereocenters. The minimum absolute atomic E-state index is 0.223. The Morgan fingerprint density at radius 1 is 1.30 bits per heavy atom. The minimum atomic E-state index is -0.799. The third-order valence-corrected chi connectivity index (χ3v) is 3.69. The maximum Gasteiger partial charge on any atom is 0.331 e. The van der Waals surface area contributed by atoms with Crippen LogP contribution in [0.2, 0.25) is 5.15 Å². The Bertz CT molecular complexity index is 893. The number of amides is 3. The number of carbonyl (C=O) groups is 3. The first-order chi connectivity index (χ1) is 12.8. The fourth-order valence-corrected chi connectivity index (χ4v) is 2.35. The van der Waals surface area contributed by atoms with E-state index < -0.39 is 24.5 Å². The Hall–Kier alpha value is -3.20. The first kappa shape index (κ1) is 20.1. The van der Waals surface area contributed by atoms with Gasteiger partial charge in [0.15, 0.2) is 6.61 Å². The topological polar surface area (TPSA) is 102 Å². The standard InChI is InChI=1S/C17H16ClFN4O4/c1-10-13(7-8-15(25)27-9-14(24)21-17(26)20-2)16(18)23(22-10)12-5-3-11(19)4-6-12/h3-8H,9H2,1-2H3,(H2,20,21,24,26)/b8-7+. The van der Waals surface area contributed by atoms with Crippen molar-refractivity contribution in [2.24, 2.45) is 0 Å². The number of benzene rings is 1. The van der Waals surface area contributed by atoms with Crippen LogP contribution in [0.25, 0.3) is 11.8 Å². The number of urea groups is 1. The molecule has 27 heavy (non-hydrogen) atoms. The first-order valence-corrected chi connectivity index (χ1v) is 8.07. The van der Waals surface area contributed by atoms with Gasteiger partial charge in [0.2, 0.25) is 0 Å². The Morgan fingerprint density at radius 3 is 2.59 bits per heavy atom. The van der Waals surface area contributed by atoms with E-state index in [1.165, 1.54) is 42.1 Å². The number of aryl methyl sites for hydroxylation is 1. The monoisotopic (exact) mass is 394 g/mol. The molecule has 3 amide bonds. The highest BCUT2D eigenvalue weighted by Crippen LogP contribution is 2.24. The zero-order chi connectivity index (χ0) is 20.0.